The van der Waals surface area contributed by atoms with Crippen molar-refractivity contribution in [1.29, 1.82) is 0 Å². The Labute approximate surface area is 388 Å². The average molecular weight is 1020 g/mol. The first-order valence-corrected chi connectivity index (χ1v) is 24.6. The molecular formula is C44H39ClF9N7O5S2. The Morgan fingerprint density at radius 3 is 2.25 bits per heavy atom. The van der Waals surface area contributed by atoms with E-state index in [9.17, 15) is 52.4 Å². The highest BCUT2D eigenvalue weighted by atomic mass is 35.5. The molecule has 3 heterocycles. The Bertz CT molecular complexity index is 3210. The Hall–Kier alpha value is -5.34. The predicted molar refractivity (Wildman–Crippen MR) is 230 cm³/mol. The Morgan fingerprint density at radius 1 is 0.971 bits per heavy atom. The lowest BCUT2D eigenvalue weighted by Gasteiger charge is -2.23. The molecule has 3 fully saturated rings. The summed E-state index contributed by atoms with van der Waals surface area (Å²) in [6.07, 6.45) is -7.56. The molecule has 3 aromatic heterocycles. The summed E-state index contributed by atoms with van der Waals surface area (Å²) in [5.74, 6) is -4.64. The summed E-state index contributed by atoms with van der Waals surface area (Å²) in [6.45, 7) is 1.93. The van der Waals surface area contributed by atoms with Crippen molar-refractivity contribution in [3.05, 3.63) is 93.0 Å². The normalized spacial score (nSPS) is 19.9. The number of sulfone groups is 1. The van der Waals surface area contributed by atoms with Gasteiger partial charge >= 0.3 is 6.18 Å². The highest BCUT2D eigenvalue weighted by molar-refractivity contribution is 7.94. The molecule has 362 valence electrons. The molecule has 2 aromatic carbocycles. The fourth-order valence-electron chi connectivity index (χ4n) is 8.80. The van der Waals surface area contributed by atoms with E-state index in [0.717, 1.165) is 16.8 Å². The van der Waals surface area contributed by atoms with Crippen molar-refractivity contribution in [1.82, 2.24) is 29.9 Å². The number of carbonyl (C=O) groups is 1. The van der Waals surface area contributed by atoms with Crippen molar-refractivity contribution in [2.45, 2.75) is 118 Å². The molecule has 0 unspecified atom stereocenters. The first-order chi connectivity index (χ1) is 31.6. The van der Waals surface area contributed by atoms with Crippen molar-refractivity contribution >= 4 is 54.1 Å². The number of fused-ring (bicyclic) bond motifs is 4. The number of benzene rings is 2. The van der Waals surface area contributed by atoms with Crippen molar-refractivity contribution in [3.63, 3.8) is 0 Å². The van der Waals surface area contributed by atoms with E-state index in [0.29, 0.717) is 31.7 Å². The number of halogens is 10. The third kappa shape index (κ3) is 8.47. The third-order valence-electron chi connectivity index (χ3n) is 12.9. The van der Waals surface area contributed by atoms with Gasteiger partial charge in [0, 0.05) is 28.7 Å². The molecule has 0 saturated heterocycles. The molecule has 2 N–H and O–H groups in total. The summed E-state index contributed by atoms with van der Waals surface area (Å²) in [5.41, 5.74) is -4.15. The molecule has 0 radical (unpaired) electrons. The molecule has 24 heteroatoms. The van der Waals surface area contributed by atoms with Crippen molar-refractivity contribution in [2.24, 2.45) is 5.92 Å². The summed E-state index contributed by atoms with van der Waals surface area (Å²) in [7, 11) is -7.95. The molecule has 4 aliphatic rings. The number of pyridine rings is 1. The second-order valence-electron chi connectivity index (χ2n) is 18.4. The molecule has 0 spiro atoms. The molecule has 4 aliphatic carbocycles. The lowest BCUT2D eigenvalue weighted by molar-refractivity contribution is -0.142. The minimum absolute atomic E-state index is 0.0254. The number of sulfonamides is 1. The van der Waals surface area contributed by atoms with E-state index in [1.54, 1.807) is 0 Å². The smallest absolute Gasteiger partial charge is 0.346 e. The first kappa shape index (κ1) is 47.7. The van der Waals surface area contributed by atoms with E-state index in [2.05, 4.69) is 37.1 Å². The summed E-state index contributed by atoms with van der Waals surface area (Å²) < 4.78 is 186. The zero-order valence-electron chi connectivity index (χ0n) is 36.0. The maximum atomic E-state index is 15.6. The van der Waals surface area contributed by atoms with Crippen LogP contribution in [0.25, 0.3) is 22.0 Å². The number of alkyl halides is 7. The van der Waals surface area contributed by atoms with Crippen molar-refractivity contribution in [2.75, 3.05) is 4.72 Å². The van der Waals surface area contributed by atoms with E-state index in [1.807, 2.05) is 0 Å². The first-order valence-electron chi connectivity index (χ1n) is 21.2. The molecule has 9 rings (SSSR count). The third-order valence-corrected chi connectivity index (χ3v) is 18.2. The largest absolute Gasteiger partial charge is 0.435 e. The molecule has 1 amide bonds. The highest BCUT2D eigenvalue weighted by Gasteiger charge is 2.68. The molecule has 12 nitrogen and oxygen atoms in total. The van der Waals surface area contributed by atoms with Crippen LogP contribution in [0, 0.1) is 29.4 Å². The fraction of sp³-hybridized carbons (Fsp3) is 0.455. The van der Waals surface area contributed by atoms with Gasteiger partial charge in [0.05, 0.1) is 37.7 Å². The van der Waals surface area contributed by atoms with Crippen LogP contribution in [0.2, 0.25) is 5.02 Å². The van der Waals surface area contributed by atoms with Crippen LogP contribution in [-0.2, 0) is 56.3 Å². The number of carbonyl (C=O) groups excluding carboxylic acids is 1. The lowest BCUT2D eigenvalue weighted by atomic mass is 9.93. The van der Waals surface area contributed by atoms with Gasteiger partial charge in [0.25, 0.3) is 12.3 Å². The molecule has 0 bridgehead atoms. The maximum Gasteiger partial charge on any atom is 0.435 e. The monoisotopic (exact) mass is 1020 g/mol. The fourth-order valence-corrected chi connectivity index (χ4v) is 12.1. The van der Waals surface area contributed by atoms with E-state index >= 15 is 8.78 Å². The molecule has 5 aromatic rings. The molecule has 0 aliphatic heterocycles. The van der Waals surface area contributed by atoms with Crippen molar-refractivity contribution in [3.8, 4) is 23.0 Å². The minimum atomic E-state index is -5.16. The zero-order valence-corrected chi connectivity index (χ0v) is 38.3. The molecule has 3 saturated carbocycles. The van der Waals surface area contributed by atoms with Crippen LogP contribution in [0.3, 0.4) is 0 Å². The quantitative estimate of drug-likeness (QED) is 0.0826. The lowest BCUT2D eigenvalue weighted by Crippen LogP contribution is -2.35. The number of aromatic nitrogens is 5. The van der Waals surface area contributed by atoms with Gasteiger partial charge in [-0.15, -0.1) is 0 Å². The van der Waals surface area contributed by atoms with Crippen LogP contribution >= 0.6 is 11.6 Å². The summed E-state index contributed by atoms with van der Waals surface area (Å²) >= 11 is 6.67. The molecule has 68 heavy (non-hydrogen) atoms. The van der Waals surface area contributed by atoms with Gasteiger partial charge < -0.3 is 5.32 Å². The van der Waals surface area contributed by atoms with Crippen molar-refractivity contribution < 1.29 is 61.1 Å². The number of rotatable bonds is 14. The van der Waals surface area contributed by atoms with Gasteiger partial charge in [0.2, 0.25) is 15.9 Å². The van der Waals surface area contributed by atoms with Crippen LogP contribution in [0.5, 0.6) is 0 Å². The summed E-state index contributed by atoms with van der Waals surface area (Å²) in [6, 6.07) is 6.04. The van der Waals surface area contributed by atoms with E-state index in [-0.39, 0.29) is 55.1 Å². The van der Waals surface area contributed by atoms with Gasteiger partial charge in [-0.1, -0.05) is 23.6 Å². The van der Waals surface area contributed by atoms with Crippen LogP contribution in [0.1, 0.15) is 98.7 Å². The summed E-state index contributed by atoms with van der Waals surface area (Å²) in [4.78, 5) is 18.8. The van der Waals surface area contributed by atoms with Gasteiger partial charge in [0.1, 0.15) is 40.9 Å². The Kier molecular flexibility index (Phi) is 11.3. The standard InChI is InChI=1S/C44H39ClF9N7O5S2/c1-41(2,67(63,64)25-5-6-25)11-10-24-4-7-26(27-8-9-30(45)35-37(27)60(19-32(48)49)58-40(35)59-68(65,66)42(3)12-13-42)36(55-24)31(16-21-14-22(46)17-23(47)15-21)56-33(62)20-61-39-34(38(57-61)44(52,53)54)28-18-29(28)43(39,50)51/h4,7-9,14-15,17,25,28-29,31-32H,5-6,12-13,16,18-20H2,1-3H3,(H,56,62)(H,58,59)/t28-,29+,31-/m0/s1. The van der Waals surface area contributed by atoms with Crippen LogP contribution in [-0.4, -0.2) is 68.5 Å². The van der Waals surface area contributed by atoms with Gasteiger partial charge in [0.15, 0.2) is 21.3 Å². The van der Waals surface area contributed by atoms with Gasteiger partial charge in [-0.2, -0.15) is 32.1 Å². The van der Waals surface area contributed by atoms with E-state index in [4.69, 9.17) is 11.6 Å². The second kappa shape index (κ2) is 16.1. The van der Waals surface area contributed by atoms with E-state index < -0.39 is 131 Å². The number of anilines is 1. The van der Waals surface area contributed by atoms with Crippen LogP contribution in [0.15, 0.2) is 42.5 Å². The maximum absolute atomic E-state index is 15.6. The number of nitrogens with one attached hydrogen (secondary N) is 2. The molecular weight excluding hydrogens is 977 g/mol. The number of amides is 1. The zero-order chi connectivity index (χ0) is 49.3. The minimum Gasteiger partial charge on any atom is -0.346 e. The number of nitrogens with zero attached hydrogens (tertiary/aromatic N) is 5. The Balaban J connectivity index is 1.22. The topological polar surface area (TPSA) is 158 Å². The van der Waals surface area contributed by atoms with Gasteiger partial charge in [-0.25, -0.2) is 39.4 Å². The van der Waals surface area contributed by atoms with Gasteiger partial charge in [-0.3, -0.25) is 18.9 Å². The van der Waals surface area contributed by atoms with E-state index in [1.165, 1.54) is 45.0 Å². The SMILES string of the molecule is CC1(S(=O)(=O)Nc2nn(CC(F)F)c3c(-c4ccc(C#CC(C)(C)S(=O)(=O)C5CC5)nc4[C@H](Cc4cc(F)cc(F)c4)NC(=O)Cn4nc(C(F)(F)F)c5c4C(F)(F)[C@@H]4C[C@H]54)ccc(Cl)c23)CC1. The number of hydrogen-bond donors (Lipinski definition) is 2. The summed E-state index contributed by atoms with van der Waals surface area (Å²) in [5, 5.41) is 9.27. The Morgan fingerprint density at radius 2 is 1.63 bits per heavy atom. The highest BCUT2D eigenvalue weighted by Crippen LogP contribution is 2.68. The van der Waals surface area contributed by atoms with Crippen LogP contribution in [0.4, 0.5) is 45.3 Å². The van der Waals surface area contributed by atoms with Crippen LogP contribution < -0.4 is 10.0 Å². The second-order valence-corrected chi connectivity index (χ2v) is 23.8. The average Bonchev–Trinajstić information content (AvgIpc) is 4.16. The van der Waals surface area contributed by atoms with Gasteiger partial charge in [-0.05, 0) is 107 Å². The number of hydrogen-bond acceptors (Lipinski definition) is 8. The molecule has 3 atom stereocenters. The predicted octanol–water partition coefficient (Wildman–Crippen LogP) is 8.82.